The van der Waals surface area contributed by atoms with Crippen molar-refractivity contribution in [1.29, 1.82) is 0 Å². The molecule has 10 heteroatoms. The molecular formula is C22H24ClN3O5S. The molecule has 2 aromatic rings. The van der Waals surface area contributed by atoms with Gasteiger partial charge >= 0.3 is 0 Å². The highest BCUT2D eigenvalue weighted by molar-refractivity contribution is 7.89. The van der Waals surface area contributed by atoms with E-state index in [0.29, 0.717) is 34.9 Å². The van der Waals surface area contributed by atoms with E-state index >= 15 is 0 Å². The van der Waals surface area contributed by atoms with Crippen LogP contribution in [0.15, 0.2) is 41.3 Å². The number of halogens is 1. The smallest absolute Gasteiger partial charge is 0.265 e. The lowest BCUT2D eigenvalue weighted by Crippen LogP contribution is -2.45. The van der Waals surface area contributed by atoms with Crippen LogP contribution in [0.5, 0.6) is 5.75 Å². The number of carbonyl (C=O) groups is 2. The third kappa shape index (κ3) is 4.20. The molecule has 2 heterocycles. The number of ether oxygens (including phenoxy) is 1. The van der Waals surface area contributed by atoms with Crippen LogP contribution in [0.2, 0.25) is 5.02 Å². The second-order valence-electron chi connectivity index (χ2n) is 7.95. The van der Waals surface area contributed by atoms with Crippen molar-refractivity contribution >= 4 is 39.1 Å². The Kier molecular flexibility index (Phi) is 6.15. The fourth-order valence-corrected chi connectivity index (χ4v) is 6.06. The van der Waals surface area contributed by atoms with Crippen molar-refractivity contribution in [3.8, 4) is 5.75 Å². The van der Waals surface area contributed by atoms with Crippen LogP contribution < -0.4 is 15.4 Å². The monoisotopic (exact) mass is 477 g/mol. The van der Waals surface area contributed by atoms with Gasteiger partial charge in [0, 0.05) is 24.2 Å². The molecule has 2 amide bonds. The number of nitrogens with zero attached hydrogens (tertiary/aromatic N) is 1. The van der Waals surface area contributed by atoms with Crippen molar-refractivity contribution in [2.24, 2.45) is 0 Å². The number of sulfonamides is 1. The fourth-order valence-electron chi connectivity index (χ4n) is 3.98. The van der Waals surface area contributed by atoms with Crippen LogP contribution in [0, 0.1) is 6.92 Å². The number of benzene rings is 2. The number of hydrogen-bond acceptors (Lipinski definition) is 5. The van der Waals surface area contributed by atoms with E-state index in [9.17, 15) is 18.0 Å². The van der Waals surface area contributed by atoms with Gasteiger partial charge in [0.05, 0.1) is 10.6 Å². The zero-order chi connectivity index (χ0) is 23.0. The maximum absolute atomic E-state index is 13.5. The number of aryl methyl sites for hydroxylation is 1. The van der Waals surface area contributed by atoms with Gasteiger partial charge in [-0.2, -0.15) is 4.31 Å². The predicted molar refractivity (Wildman–Crippen MR) is 120 cm³/mol. The Morgan fingerprint density at radius 2 is 2.06 bits per heavy atom. The van der Waals surface area contributed by atoms with Gasteiger partial charge in [-0.25, -0.2) is 8.42 Å². The lowest BCUT2D eigenvalue weighted by molar-refractivity contribution is -0.124. The van der Waals surface area contributed by atoms with E-state index in [-0.39, 0.29) is 29.8 Å². The fraction of sp³-hybridized carbons (Fsp3) is 0.364. The van der Waals surface area contributed by atoms with Gasteiger partial charge in [0.15, 0.2) is 6.10 Å². The molecule has 8 nitrogen and oxygen atoms in total. The largest absolute Gasteiger partial charge is 0.479 e. The molecule has 2 N–H and O–H groups in total. The molecule has 4 rings (SSSR count). The van der Waals surface area contributed by atoms with Gasteiger partial charge in [-0.15, -0.1) is 0 Å². The van der Waals surface area contributed by atoms with E-state index in [0.717, 1.165) is 5.56 Å². The molecule has 0 aromatic heterocycles. The van der Waals surface area contributed by atoms with Crippen molar-refractivity contribution in [2.75, 3.05) is 11.9 Å². The predicted octanol–water partition coefficient (Wildman–Crippen LogP) is 2.84. The third-order valence-corrected chi connectivity index (χ3v) is 8.13. The molecule has 2 atom stereocenters. The van der Waals surface area contributed by atoms with Crippen LogP contribution in [0.1, 0.15) is 30.9 Å². The first-order chi connectivity index (χ1) is 15.2. The molecule has 2 aliphatic heterocycles. The standard InChI is InChI=1S/C22H24ClN3O5S/c1-13-10-17-19(31-14(2)21(27)25-17)11-20(13)32(29,30)26-9-5-8-18(26)22(28)24-12-15-6-3-4-7-16(15)23/h3-4,6-7,10-11,14,18H,5,8-9,12H2,1-2H3,(H,24,28)(H,25,27). The summed E-state index contributed by atoms with van der Waals surface area (Å²) in [7, 11) is -3.97. The van der Waals surface area contributed by atoms with Crippen molar-refractivity contribution in [3.63, 3.8) is 0 Å². The van der Waals surface area contributed by atoms with Gasteiger partial charge in [0.2, 0.25) is 15.9 Å². The molecular weight excluding hydrogens is 454 g/mol. The van der Waals surface area contributed by atoms with Crippen molar-refractivity contribution in [2.45, 2.75) is 50.3 Å². The zero-order valence-electron chi connectivity index (χ0n) is 17.7. The molecule has 0 bridgehead atoms. The first-order valence-electron chi connectivity index (χ1n) is 10.3. The van der Waals surface area contributed by atoms with Gasteiger partial charge in [0.1, 0.15) is 11.8 Å². The van der Waals surface area contributed by atoms with E-state index in [1.54, 1.807) is 32.0 Å². The van der Waals surface area contributed by atoms with Crippen LogP contribution in [0.25, 0.3) is 0 Å². The Labute approximate surface area is 191 Å². The van der Waals surface area contributed by atoms with E-state index in [2.05, 4.69) is 10.6 Å². The summed E-state index contributed by atoms with van der Waals surface area (Å²) in [5.41, 5.74) is 1.65. The van der Waals surface area contributed by atoms with Crippen LogP contribution in [-0.4, -0.2) is 43.2 Å². The number of nitrogens with one attached hydrogen (secondary N) is 2. The highest BCUT2D eigenvalue weighted by Gasteiger charge is 2.40. The lowest BCUT2D eigenvalue weighted by atomic mass is 10.1. The van der Waals surface area contributed by atoms with Gasteiger partial charge in [-0.1, -0.05) is 29.8 Å². The highest BCUT2D eigenvalue weighted by Crippen LogP contribution is 2.37. The minimum absolute atomic E-state index is 0.0606. The SMILES string of the molecule is Cc1cc2c(cc1S(=O)(=O)N1CCCC1C(=O)NCc1ccccc1Cl)OC(C)C(=O)N2. The summed E-state index contributed by atoms with van der Waals surface area (Å²) in [5.74, 6) is -0.360. The minimum atomic E-state index is -3.97. The van der Waals surface area contributed by atoms with Gasteiger partial charge in [-0.05, 0) is 49.9 Å². The minimum Gasteiger partial charge on any atom is -0.479 e. The average Bonchev–Trinajstić information content (AvgIpc) is 3.25. The summed E-state index contributed by atoms with van der Waals surface area (Å²) in [5, 5.41) is 6.06. The number of hydrogen-bond donors (Lipinski definition) is 2. The first-order valence-corrected chi connectivity index (χ1v) is 12.2. The zero-order valence-corrected chi connectivity index (χ0v) is 19.3. The molecule has 2 unspecified atom stereocenters. The maximum atomic E-state index is 13.5. The molecule has 0 spiro atoms. The summed E-state index contributed by atoms with van der Waals surface area (Å²) in [6.07, 6.45) is 0.286. The number of carbonyl (C=O) groups excluding carboxylic acids is 2. The number of rotatable bonds is 5. The summed E-state index contributed by atoms with van der Waals surface area (Å²) < 4.78 is 33.9. The molecule has 170 valence electrons. The summed E-state index contributed by atoms with van der Waals surface area (Å²) in [6.45, 7) is 3.70. The second kappa shape index (κ2) is 8.73. The Hall–Kier alpha value is -2.62. The molecule has 2 aliphatic rings. The van der Waals surface area contributed by atoms with Crippen molar-refractivity contribution in [3.05, 3.63) is 52.5 Å². The molecule has 32 heavy (non-hydrogen) atoms. The quantitative estimate of drug-likeness (QED) is 0.689. The molecule has 0 radical (unpaired) electrons. The van der Waals surface area contributed by atoms with E-state index in [1.807, 2.05) is 12.1 Å². The average molecular weight is 478 g/mol. The van der Waals surface area contributed by atoms with E-state index in [1.165, 1.54) is 10.4 Å². The topological polar surface area (TPSA) is 105 Å². The first kappa shape index (κ1) is 22.6. The lowest BCUT2D eigenvalue weighted by Gasteiger charge is -2.27. The molecule has 2 aromatic carbocycles. The Bertz CT molecular complexity index is 1180. The number of anilines is 1. The van der Waals surface area contributed by atoms with Crippen molar-refractivity contribution < 1.29 is 22.7 Å². The van der Waals surface area contributed by atoms with Gasteiger partial charge in [-0.3, -0.25) is 9.59 Å². The van der Waals surface area contributed by atoms with Crippen molar-refractivity contribution in [1.82, 2.24) is 9.62 Å². The van der Waals surface area contributed by atoms with Crippen LogP contribution in [0.4, 0.5) is 5.69 Å². The number of amides is 2. The Morgan fingerprint density at radius 3 is 2.81 bits per heavy atom. The maximum Gasteiger partial charge on any atom is 0.265 e. The Morgan fingerprint density at radius 1 is 1.31 bits per heavy atom. The van der Waals surface area contributed by atoms with Crippen LogP contribution in [0.3, 0.4) is 0 Å². The van der Waals surface area contributed by atoms with Crippen LogP contribution in [-0.2, 0) is 26.2 Å². The second-order valence-corrected chi connectivity index (χ2v) is 10.2. The molecule has 0 aliphatic carbocycles. The van der Waals surface area contributed by atoms with E-state index < -0.39 is 22.2 Å². The third-order valence-electron chi connectivity index (χ3n) is 5.71. The summed E-state index contributed by atoms with van der Waals surface area (Å²) in [4.78, 5) is 24.8. The highest BCUT2D eigenvalue weighted by atomic mass is 35.5. The van der Waals surface area contributed by atoms with Gasteiger partial charge in [0.25, 0.3) is 5.91 Å². The normalized spacial score (nSPS) is 20.9. The number of fused-ring (bicyclic) bond motifs is 1. The summed E-state index contributed by atoms with van der Waals surface area (Å²) in [6, 6.07) is 9.36. The summed E-state index contributed by atoms with van der Waals surface area (Å²) >= 11 is 6.15. The van der Waals surface area contributed by atoms with Gasteiger partial charge < -0.3 is 15.4 Å². The molecule has 0 saturated carbocycles. The Balaban J connectivity index is 1.57. The van der Waals surface area contributed by atoms with E-state index in [4.69, 9.17) is 16.3 Å². The molecule has 1 fully saturated rings. The van der Waals surface area contributed by atoms with Crippen LogP contribution >= 0.6 is 11.6 Å². The molecule has 1 saturated heterocycles.